The first kappa shape index (κ1) is 16.9. The Morgan fingerprint density at radius 3 is 2.30 bits per heavy atom. The lowest BCUT2D eigenvalue weighted by Crippen LogP contribution is -2.23. The second kappa shape index (κ2) is 7.02. The first-order valence-corrected chi connectivity index (χ1v) is 8.50. The fraction of sp³-hybridized carbons (Fsp3) is 0.500. The first-order chi connectivity index (χ1) is 9.24. The van der Waals surface area contributed by atoms with Crippen LogP contribution in [0.3, 0.4) is 0 Å². The molecule has 0 radical (unpaired) electrons. The van der Waals surface area contributed by atoms with Gasteiger partial charge < -0.3 is 15.7 Å². The van der Waals surface area contributed by atoms with E-state index in [2.05, 4.69) is 0 Å². The third kappa shape index (κ3) is 4.75. The molecule has 1 aromatic carbocycles. The quantitative estimate of drug-likeness (QED) is 0.672. The second-order valence-corrected chi connectivity index (χ2v) is 7.89. The van der Waals surface area contributed by atoms with Crippen molar-refractivity contribution >= 4 is 13.3 Å². The molecule has 0 aromatic heterocycles. The van der Waals surface area contributed by atoms with Gasteiger partial charge in [0.1, 0.15) is 5.78 Å². The largest absolute Gasteiger partial charge is 0.481 e. The highest BCUT2D eigenvalue weighted by Gasteiger charge is 2.35. The molecule has 0 aliphatic carbocycles. The Hall–Kier alpha value is -1.16. The average Bonchev–Trinajstić information content (AvgIpc) is 2.37. The van der Waals surface area contributed by atoms with Crippen LogP contribution in [0.15, 0.2) is 30.3 Å². The predicted molar refractivity (Wildman–Crippen MR) is 78.6 cm³/mol. The lowest BCUT2D eigenvalue weighted by molar-refractivity contribution is -0.141. The standard InChI is InChI=1S/C14H22NO4P/c1-10(2)8-12(14(16)17)9-20(18,19)13(15)11-6-4-3-5-7-11/h3-7,10,12-13H,8-9,15H2,1-2H3,(H,16,17)(H,18,19)/t12-,13+/m0/s1. The molecule has 0 heterocycles. The molecule has 6 heteroatoms. The molecule has 0 bridgehead atoms. The summed E-state index contributed by atoms with van der Waals surface area (Å²) in [6.07, 6.45) is 0.0674. The van der Waals surface area contributed by atoms with E-state index in [4.69, 9.17) is 10.8 Å². The summed E-state index contributed by atoms with van der Waals surface area (Å²) in [6, 6.07) is 8.60. The Labute approximate surface area is 119 Å². The lowest BCUT2D eigenvalue weighted by Gasteiger charge is -2.23. The van der Waals surface area contributed by atoms with Crippen LogP contribution in [0, 0.1) is 11.8 Å². The summed E-state index contributed by atoms with van der Waals surface area (Å²) in [5.41, 5.74) is 6.39. The maximum absolute atomic E-state index is 12.4. The van der Waals surface area contributed by atoms with Crippen molar-refractivity contribution in [2.75, 3.05) is 6.16 Å². The molecule has 1 rings (SSSR count). The van der Waals surface area contributed by atoms with Crippen LogP contribution in [-0.2, 0) is 9.36 Å². The number of nitrogens with two attached hydrogens (primary N) is 1. The summed E-state index contributed by atoms with van der Waals surface area (Å²) in [7, 11) is -3.77. The topological polar surface area (TPSA) is 101 Å². The van der Waals surface area contributed by atoms with Gasteiger partial charge in [0.25, 0.3) is 0 Å². The number of carboxylic acids is 1. The minimum absolute atomic E-state index is 0.143. The highest BCUT2D eigenvalue weighted by Crippen LogP contribution is 2.54. The van der Waals surface area contributed by atoms with Gasteiger partial charge in [-0.05, 0) is 17.9 Å². The fourth-order valence-electron chi connectivity index (χ4n) is 2.13. The SMILES string of the molecule is CC(C)C[C@@H](CP(=O)(O)[C@@H](N)c1ccccc1)C(=O)O. The average molecular weight is 299 g/mol. The molecule has 1 unspecified atom stereocenters. The monoisotopic (exact) mass is 299 g/mol. The zero-order chi connectivity index (χ0) is 15.3. The number of carbonyl (C=O) groups is 1. The number of carboxylic acid groups (broad SMARTS) is 1. The van der Waals surface area contributed by atoms with E-state index in [-0.39, 0.29) is 12.1 Å². The predicted octanol–water partition coefficient (Wildman–Crippen LogP) is 2.66. The van der Waals surface area contributed by atoms with E-state index >= 15 is 0 Å². The van der Waals surface area contributed by atoms with E-state index in [1.54, 1.807) is 30.3 Å². The molecule has 0 fully saturated rings. The van der Waals surface area contributed by atoms with Crippen molar-refractivity contribution in [2.45, 2.75) is 26.1 Å². The molecule has 4 N–H and O–H groups in total. The molecular weight excluding hydrogens is 277 g/mol. The molecule has 20 heavy (non-hydrogen) atoms. The molecule has 5 nitrogen and oxygen atoms in total. The highest BCUT2D eigenvalue weighted by molar-refractivity contribution is 7.58. The Kier molecular flexibility index (Phi) is 5.93. The van der Waals surface area contributed by atoms with Gasteiger partial charge in [-0.1, -0.05) is 44.2 Å². The molecule has 0 saturated heterocycles. The summed E-state index contributed by atoms with van der Waals surface area (Å²) in [5, 5.41) is 9.16. The van der Waals surface area contributed by atoms with Crippen molar-refractivity contribution in [2.24, 2.45) is 17.6 Å². The van der Waals surface area contributed by atoms with Crippen LogP contribution >= 0.6 is 7.37 Å². The molecule has 0 aliphatic rings. The van der Waals surface area contributed by atoms with E-state index in [1.807, 2.05) is 13.8 Å². The van der Waals surface area contributed by atoms with Gasteiger partial charge in [-0.25, -0.2) is 0 Å². The summed E-state index contributed by atoms with van der Waals surface area (Å²) in [4.78, 5) is 21.3. The van der Waals surface area contributed by atoms with E-state index in [0.717, 1.165) is 0 Å². The molecule has 1 aromatic rings. The number of aliphatic carboxylic acids is 1. The highest BCUT2D eigenvalue weighted by atomic mass is 31.2. The maximum Gasteiger partial charge on any atom is 0.307 e. The summed E-state index contributed by atoms with van der Waals surface area (Å²) < 4.78 is 12.4. The van der Waals surface area contributed by atoms with Crippen molar-refractivity contribution in [3.63, 3.8) is 0 Å². The molecular formula is C14H22NO4P. The van der Waals surface area contributed by atoms with Crippen LogP contribution < -0.4 is 5.73 Å². The van der Waals surface area contributed by atoms with Crippen LogP contribution in [0.25, 0.3) is 0 Å². The minimum Gasteiger partial charge on any atom is -0.481 e. The Morgan fingerprint density at radius 2 is 1.85 bits per heavy atom. The van der Waals surface area contributed by atoms with E-state index in [0.29, 0.717) is 12.0 Å². The second-order valence-electron chi connectivity index (χ2n) is 5.46. The molecule has 112 valence electrons. The van der Waals surface area contributed by atoms with Gasteiger partial charge in [0.2, 0.25) is 7.37 Å². The van der Waals surface area contributed by atoms with Gasteiger partial charge >= 0.3 is 5.97 Å². The van der Waals surface area contributed by atoms with Crippen LogP contribution in [0.4, 0.5) is 0 Å². The summed E-state index contributed by atoms with van der Waals surface area (Å²) in [6.45, 7) is 3.77. The van der Waals surface area contributed by atoms with Crippen LogP contribution in [0.5, 0.6) is 0 Å². The normalized spacial score (nSPS) is 17.4. The minimum atomic E-state index is -3.77. The van der Waals surface area contributed by atoms with Crippen LogP contribution in [0.1, 0.15) is 31.6 Å². The van der Waals surface area contributed by atoms with Crippen molar-refractivity contribution in [3.05, 3.63) is 35.9 Å². The van der Waals surface area contributed by atoms with Crippen molar-refractivity contribution in [3.8, 4) is 0 Å². The van der Waals surface area contributed by atoms with Crippen molar-refractivity contribution < 1.29 is 19.4 Å². The third-order valence-corrected chi connectivity index (χ3v) is 5.29. The van der Waals surface area contributed by atoms with E-state index in [9.17, 15) is 14.3 Å². The zero-order valence-electron chi connectivity index (χ0n) is 11.8. The van der Waals surface area contributed by atoms with Crippen LogP contribution in [-0.4, -0.2) is 22.1 Å². The van der Waals surface area contributed by atoms with E-state index in [1.165, 1.54) is 0 Å². The number of hydrogen-bond donors (Lipinski definition) is 3. The van der Waals surface area contributed by atoms with Gasteiger partial charge in [-0.15, -0.1) is 0 Å². The smallest absolute Gasteiger partial charge is 0.307 e. The van der Waals surface area contributed by atoms with Gasteiger partial charge in [0, 0.05) is 6.16 Å². The lowest BCUT2D eigenvalue weighted by atomic mass is 9.99. The van der Waals surface area contributed by atoms with Gasteiger partial charge in [-0.3, -0.25) is 9.36 Å². The maximum atomic E-state index is 12.4. The zero-order valence-corrected chi connectivity index (χ0v) is 12.7. The van der Waals surface area contributed by atoms with Crippen LogP contribution in [0.2, 0.25) is 0 Å². The van der Waals surface area contributed by atoms with Crippen molar-refractivity contribution in [1.29, 1.82) is 0 Å². The molecule has 0 amide bonds. The number of benzene rings is 1. The van der Waals surface area contributed by atoms with E-state index < -0.39 is 25.0 Å². The fourth-order valence-corrected chi connectivity index (χ4v) is 3.94. The molecule has 0 spiro atoms. The van der Waals surface area contributed by atoms with Crippen molar-refractivity contribution in [1.82, 2.24) is 0 Å². The summed E-state index contributed by atoms with van der Waals surface area (Å²) >= 11 is 0. The Morgan fingerprint density at radius 1 is 1.30 bits per heavy atom. The Balaban J connectivity index is 2.87. The summed E-state index contributed by atoms with van der Waals surface area (Å²) in [5.74, 6) is -2.80. The van der Waals surface area contributed by atoms with Gasteiger partial charge in [0.05, 0.1) is 5.92 Å². The molecule has 0 saturated carbocycles. The molecule has 3 atom stereocenters. The number of rotatable bonds is 7. The first-order valence-electron chi connectivity index (χ1n) is 6.59. The molecule has 0 aliphatic heterocycles. The van der Waals surface area contributed by atoms with Gasteiger partial charge in [0.15, 0.2) is 0 Å². The Bertz CT molecular complexity index is 489. The third-order valence-electron chi connectivity index (χ3n) is 3.16. The number of hydrogen-bond acceptors (Lipinski definition) is 3. The van der Waals surface area contributed by atoms with Gasteiger partial charge in [-0.2, -0.15) is 0 Å².